The summed E-state index contributed by atoms with van der Waals surface area (Å²) in [4.78, 5) is 0. The summed E-state index contributed by atoms with van der Waals surface area (Å²) in [5.41, 5.74) is 0.551. The quantitative estimate of drug-likeness (QED) is 0.648. The number of hydrogen-bond acceptors (Lipinski definition) is 1. The fraction of sp³-hybridized carbons (Fsp3) is 1.00. The second-order valence-corrected chi connectivity index (χ2v) is 6.71. The van der Waals surface area contributed by atoms with Gasteiger partial charge in [0.25, 0.3) is 0 Å². The van der Waals surface area contributed by atoms with E-state index < -0.39 is 0 Å². The van der Waals surface area contributed by atoms with Crippen LogP contribution in [0.5, 0.6) is 0 Å². The molecule has 2 rings (SSSR count). The smallest absolute Gasteiger partial charge is 0.0522 e. The third-order valence-corrected chi connectivity index (χ3v) is 4.51. The van der Waals surface area contributed by atoms with E-state index in [0.29, 0.717) is 5.41 Å². The van der Waals surface area contributed by atoms with Crippen LogP contribution in [0.4, 0.5) is 0 Å². The Hall–Kier alpha value is -0.0400. The first-order valence-electron chi connectivity index (χ1n) is 7.21. The first-order valence-corrected chi connectivity index (χ1v) is 7.21. The molecule has 2 fully saturated rings. The molecule has 16 heavy (non-hydrogen) atoms. The molecular weight excluding hydrogens is 196 g/mol. The largest absolute Gasteiger partial charge is 0.381 e. The van der Waals surface area contributed by atoms with Crippen LogP contribution >= 0.6 is 0 Å². The number of rotatable bonds is 4. The lowest BCUT2D eigenvalue weighted by Crippen LogP contribution is -2.42. The van der Waals surface area contributed by atoms with Crippen molar-refractivity contribution in [3.05, 3.63) is 0 Å². The summed E-state index contributed by atoms with van der Waals surface area (Å²) in [5.74, 6) is 2.85. The zero-order valence-corrected chi connectivity index (χ0v) is 11.3. The van der Waals surface area contributed by atoms with Gasteiger partial charge in [0.1, 0.15) is 0 Å². The minimum Gasteiger partial charge on any atom is -0.381 e. The van der Waals surface area contributed by atoms with Crippen molar-refractivity contribution in [3.63, 3.8) is 0 Å². The van der Waals surface area contributed by atoms with Crippen molar-refractivity contribution in [3.8, 4) is 0 Å². The SMILES string of the molecule is CCCOCC12CC(C)CC(CC(C)C1)C2. The zero-order chi connectivity index (χ0) is 11.6. The molecule has 1 nitrogen and oxygen atoms in total. The molecule has 2 aliphatic carbocycles. The van der Waals surface area contributed by atoms with Gasteiger partial charge in [0.2, 0.25) is 0 Å². The first-order chi connectivity index (χ1) is 7.63. The molecule has 0 aliphatic heterocycles. The highest BCUT2D eigenvalue weighted by molar-refractivity contribution is 4.94. The van der Waals surface area contributed by atoms with Gasteiger partial charge in [-0.2, -0.15) is 0 Å². The maximum atomic E-state index is 5.90. The van der Waals surface area contributed by atoms with Gasteiger partial charge in [-0.15, -0.1) is 0 Å². The van der Waals surface area contributed by atoms with Gasteiger partial charge in [0, 0.05) is 6.61 Å². The summed E-state index contributed by atoms with van der Waals surface area (Å²) in [6.07, 6.45) is 8.38. The number of fused-ring (bicyclic) bond motifs is 2. The van der Waals surface area contributed by atoms with E-state index in [1.54, 1.807) is 0 Å². The lowest BCUT2D eigenvalue weighted by Gasteiger charge is -2.49. The van der Waals surface area contributed by atoms with Gasteiger partial charge in [0.15, 0.2) is 0 Å². The molecule has 0 aromatic carbocycles. The van der Waals surface area contributed by atoms with E-state index >= 15 is 0 Å². The van der Waals surface area contributed by atoms with Crippen molar-refractivity contribution in [1.29, 1.82) is 0 Å². The van der Waals surface area contributed by atoms with Gasteiger partial charge in [0.05, 0.1) is 6.61 Å². The number of hydrogen-bond donors (Lipinski definition) is 0. The van der Waals surface area contributed by atoms with Crippen LogP contribution in [0.1, 0.15) is 59.3 Å². The molecule has 0 radical (unpaired) electrons. The van der Waals surface area contributed by atoms with Gasteiger partial charge in [-0.3, -0.25) is 0 Å². The van der Waals surface area contributed by atoms with Gasteiger partial charge in [-0.1, -0.05) is 20.8 Å². The average Bonchev–Trinajstić information content (AvgIpc) is 2.15. The van der Waals surface area contributed by atoms with Crippen LogP contribution in [0.25, 0.3) is 0 Å². The predicted octanol–water partition coefficient (Wildman–Crippen LogP) is 4.27. The van der Waals surface area contributed by atoms with E-state index in [1.165, 1.54) is 32.1 Å². The Morgan fingerprint density at radius 1 is 1.06 bits per heavy atom. The van der Waals surface area contributed by atoms with E-state index in [1.807, 2.05) is 0 Å². The molecule has 2 atom stereocenters. The second kappa shape index (κ2) is 5.08. The normalized spacial score (nSPS) is 43.3. The third-order valence-electron chi connectivity index (χ3n) is 4.51. The monoisotopic (exact) mass is 224 g/mol. The van der Waals surface area contributed by atoms with Crippen LogP contribution in [0, 0.1) is 23.2 Å². The molecule has 0 saturated heterocycles. The van der Waals surface area contributed by atoms with Crippen LogP contribution in [-0.4, -0.2) is 13.2 Å². The predicted molar refractivity (Wildman–Crippen MR) is 68.4 cm³/mol. The molecule has 0 aromatic rings. The summed E-state index contributed by atoms with van der Waals surface area (Å²) >= 11 is 0. The molecule has 2 unspecified atom stereocenters. The van der Waals surface area contributed by atoms with Crippen LogP contribution in [-0.2, 0) is 4.74 Å². The van der Waals surface area contributed by atoms with Crippen molar-refractivity contribution < 1.29 is 4.74 Å². The first kappa shape index (κ1) is 12.4. The van der Waals surface area contributed by atoms with E-state index in [2.05, 4.69) is 20.8 Å². The highest BCUT2D eigenvalue weighted by Gasteiger charge is 2.44. The molecule has 94 valence electrons. The minimum absolute atomic E-state index is 0.551. The summed E-state index contributed by atoms with van der Waals surface area (Å²) < 4.78 is 5.90. The molecular formula is C15H28O. The lowest BCUT2D eigenvalue weighted by molar-refractivity contribution is -0.0510. The van der Waals surface area contributed by atoms with E-state index in [4.69, 9.17) is 4.74 Å². The van der Waals surface area contributed by atoms with E-state index in [0.717, 1.165) is 37.4 Å². The molecule has 1 heteroatoms. The van der Waals surface area contributed by atoms with Crippen molar-refractivity contribution in [2.45, 2.75) is 59.3 Å². The molecule has 0 spiro atoms. The highest BCUT2D eigenvalue weighted by Crippen LogP contribution is 2.52. The summed E-state index contributed by atoms with van der Waals surface area (Å²) in [5, 5.41) is 0. The van der Waals surface area contributed by atoms with E-state index in [9.17, 15) is 0 Å². The molecule has 2 aliphatic rings. The fourth-order valence-electron chi connectivity index (χ4n) is 4.52. The van der Waals surface area contributed by atoms with Crippen molar-refractivity contribution in [2.24, 2.45) is 23.2 Å². The molecule has 0 aromatic heterocycles. The lowest BCUT2D eigenvalue weighted by atomic mass is 9.57. The van der Waals surface area contributed by atoms with Crippen molar-refractivity contribution >= 4 is 0 Å². The highest BCUT2D eigenvalue weighted by atomic mass is 16.5. The Balaban J connectivity index is 1.97. The van der Waals surface area contributed by atoms with E-state index in [-0.39, 0.29) is 0 Å². The minimum atomic E-state index is 0.551. The van der Waals surface area contributed by atoms with Crippen LogP contribution in [0.2, 0.25) is 0 Å². The summed E-state index contributed by atoms with van der Waals surface area (Å²) in [6, 6.07) is 0. The molecule has 2 bridgehead atoms. The molecule has 0 heterocycles. The maximum absolute atomic E-state index is 5.90. The fourth-order valence-corrected chi connectivity index (χ4v) is 4.52. The van der Waals surface area contributed by atoms with Crippen molar-refractivity contribution in [1.82, 2.24) is 0 Å². The summed E-state index contributed by atoms with van der Waals surface area (Å²) in [7, 11) is 0. The van der Waals surface area contributed by atoms with Gasteiger partial charge < -0.3 is 4.74 Å². The molecule has 0 amide bonds. The Morgan fingerprint density at radius 2 is 1.69 bits per heavy atom. The Bertz CT molecular complexity index is 204. The third kappa shape index (κ3) is 2.80. The Morgan fingerprint density at radius 3 is 2.25 bits per heavy atom. The summed E-state index contributed by atoms with van der Waals surface area (Å²) in [6.45, 7) is 9.07. The topological polar surface area (TPSA) is 9.23 Å². The van der Waals surface area contributed by atoms with Crippen LogP contribution in [0.3, 0.4) is 0 Å². The Labute approximate surface area is 101 Å². The molecule has 2 saturated carbocycles. The second-order valence-electron chi connectivity index (χ2n) is 6.71. The van der Waals surface area contributed by atoms with Gasteiger partial charge in [-0.25, -0.2) is 0 Å². The standard InChI is InChI=1S/C15H28O/c1-4-5-16-11-15-8-12(2)6-14(10-15)7-13(3)9-15/h12-14H,4-11H2,1-3H3. The maximum Gasteiger partial charge on any atom is 0.0522 e. The van der Waals surface area contributed by atoms with Crippen molar-refractivity contribution in [2.75, 3.05) is 13.2 Å². The average molecular weight is 224 g/mol. The Kier molecular flexibility index (Phi) is 3.94. The zero-order valence-electron chi connectivity index (χ0n) is 11.3. The van der Waals surface area contributed by atoms with Crippen LogP contribution in [0.15, 0.2) is 0 Å². The molecule has 0 N–H and O–H groups in total. The van der Waals surface area contributed by atoms with Gasteiger partial charge >= 0.3 is 0 Å². The van der Waals surface area contributed by atoms with Crippen LogP contribution < -0.4 is 0 Å². The number of ether oxygens (including phenoxy) is 1. The van der Waals surface area contributed by atoms with Gasteiger partial charge in [-0.05, 0) is 61.7 Å².